The Kier molecular flexibility index (Phi) is 6.33. The summed E-state index contributed by atoms with van der Waals surface area (Å²) < 4.78 is 44.1. The van der Waals surface area contributed by atoms with Gasteiger partial charge in [0.15, 0.2) is 0 Å². The normalized spacial score (nSPS) is 11.4. The maximum absolute atomic E-state index is 13.9. The summed E-state index contributed by atoms with van der Waals surface area (Å²) in [5.74, 6) is -0.610. The van der Waals surface area contributed by atoms with Crippen LogP contribution in [0.5, 0.6) is 5.75 Å². The molecule has 0 unspecified atom stereocenters. The zero-order chi connectivity index (χ0) is 19.3. The molecule has 140 valence electrons. The van der Waals surface area contributed by atoms with Gasteiger partial charge in [-0.3, -0.25) is 4.79 Å². The van der Waals surface area contributed by atoms with Crippen LogP contribution in [-0.4, -0.2) is 46.4 Å². The van der Waals surface area contributed by atoms with E-state index in [1.54, 1.807) is 7.11 Å². The molecule has 0 spiro atoms. The van der Waals surface area contributed by atoms with Crippen LogP contribution in [0.2, 0.25) is 0 Å². The van der Waals surface area contributed by atoms with Crippen molar-refractivity contribution >= 4 is 15.9 Å². The Morgan fingerprint density at radius 1 is 1.15 bits per heavy atom. The smallest absolute Gasteiger partial charge is 0.251 e. The summed E-state index contributed by atoms with van der Waals surface area (Å²) in [4.78, 5) is 11.7. The lowest BCUT2D eigenvalue weighted by molar-refractivity contribution is 0.0954. The van der Waals surface area contributed by atoms with Gasteiger partial charge in [0.2, 0.25) is 10.0 Å². The summed E-state index contributed by atoms with van der Waals surface area (Å²) in [5.41, 5.74) is 1.10. The average molecular weight is 380 g/mol. The van der Waals surface area contributed by atoms with E-state index in [1.165, 1.54) is 20.2 Å². The van der Waals surface area contributed by atoms with Crippen molar-refractivity contribution < 1.29 is 22.3 Å². The highest BCUT2D eigenvalue weighted by Gasteiger charge is 2.23. The van der Waals surface area contributed by atoms with Crippen molar-refractivity contribution in [2.45, 2.75) is 11.3 Å². The summed E-state index contributed by atoms with van der Waals surface area (Å²) >= 11 is 0. The Morgan fingerprint density at radius 3 is 2.38 bits per heavy atom. The standard InChI is InChI=1S/C18H21FN2O4S/c1-21(2)26(23,24)17-12-14(6-9-16(17)19)18(22)20-11-10-13-4-7-15(25-3)8-5-13/h4-9,12H,10-11H2,1-3H3,(H,20,22). The number of nitrogens with zero attached hydrogens (tertiary/aromatic N) is 1. The van der Waals surface area contributed by atoms with E-state index in [2.05, 4.69) is 5.32 Å². The van der Waals surface area contributed by atoms with Gasteiger partial charge in [-0.2, -0.15) is 0 Å². The largest absolute Gasteiger partial charge is 0.497 e. The molecule has 1 amide bonds. The summed E-state index contributed by atoms with van der Waals surface area (Å²) in [7, 11) is 0.223. The van der Waals surface area contributed by atoms with Crippen molar-refractivity contribution in [1.29, 1.82) is 0 Å². The van der Waals surface area contributed by atoms with E-state index in [9.17, 15) is 17.6 Å². The molecular weight excluding hydrogens is 359 g/mol. The molecule has 2 aromatic rings. The molecule has 8 heteroatoms. The van der Waals surface area contributed by atoms with Crippen LogP contribution in [0.4, 0.5) is 4.39 Å². The van der Waals surface area contributed by atoms with Crippen LogP contribution in [0, 0.1) is 5.82 Å². The van der Waals surface area contributed by atoms with Gasteiger partial charge in [0.1, 0.15) is 16.5 Å². The summed E-state index contributed by atoms with van der Waals surface area (Å²) in [6, 6.07) is 10.7. The third-order valence-corrected chi connectivity index (χ3v) is 5.64. The van der Waals surface area contributed by atoms with E-state index < -0.39 is 26.6 Å². The van der Waals surface area contributed by atoms with Gasteiger partial charge in [-0.05, 0) is 42.3 Å². The second kappa shape index (κ2) is 8.29. The fourth-order valence-corrected chi connectivity index (χ4v) is 3.24. The topological polar surface area (TPSA) is 75.7 Å². The van der Waals surface area contributed by atoms with Gasteiger partial charge in [-0.25, -0.2) is 17.1 Å². The molecule has 0 aliphatic heterocycles. The monoisotopic (exact) mass is 380 g/mol. The Hall–Kier alpha value is -2.45. The van der Waals surface area contributed by atoms with Gasteiger partial charge in [0, 0.05) is 26.2 Å². The molecule has 2 rings (SSSR count). The van der Waals surface area contributed by atoms with Crippen LogP contribution < -0.4 is 10.1 Å². The zero-order valence-electron chi connectivity index (χ0n) is 14.8. The molecule has 6 nitrogen and oxygen atoms in total. The Balaban J connectivity index is 2.05. The second-order valence-electron chi connectivity index (χ2n) is 5.79. The second-order valence-corrected chi connectivity index (χ2v) is 7.91. The maximum atomic E-state index is 13.9. The molecule has 0 aromatic heterocycles. The van der Waals surface area contributed by atoms with Gasteiger partial charge in [0.25, 0.3) is 5.91 Å². The third-order valence-electron chi connectivity index (χ3n) is 3.81. The molecule has 1 N–H and O–H groups in total. The number of carbonyl (C=O) groups excluding carboxylic acids is 1. The molecule has 0 bridgehead atoms. The number of benzene rings is 2. The molecule has 0 atom stereocenters. The fourth-order valence-electron chi connectivity index (χ4n) is 2.25. The van der Waals surface area contributed by atoms with Gasteiger partial charge in [-0.1, -0.05) is 12.1 Å². The zero-order valence-corrected chi connectivity index (χ0v) is 15.6. The number of halogens is 1. The molecule has 0 fully saturated rings. The number of nitrogens with one attached hydrogen (secondary N) is 1. The first kappa shape index (κ1) is 19.9. The van der Waals surface area contributed by atoms with Crippen LogP contribution in [0.25, 0.3) is 0 Å². The molecule has 0 saturated carbocycles. The van der Waals surface area contributed by atoms with Crippen LogP contribution in [0.15, 0.2) is 47.4 Å². The molecule has 0 radical (unpaired) electrons. The van der Waals surface area contributed by atoms with E-state index in [1.807, 2.05) is 24.3 Å². The SMILES string of the molecule is COc1ccc(CCNC(=O)c2ccc(F)c(S(=O)(=O)N(C)C)c2)cc1. The first-order valence-corrected chi connectivity index (χ1v) is 9.33. The minimum Gasteiger partial charge on any atom is -0.497 e. The highest BCUT2D eigenvalue weighted by molar-refractivity contribution is 7.89. The fraction of sp³-hybridized carbons (Fsp3) is 0.278. The molecule has 2 aromatic carbocycles. The van der Waals surface area contributed by atoms with Gasteiger partial charge in [0.05, 0.1) is 7.11 Å². The maximum Gasteiger partial charge on any atom is 0.251 e. The van der Waals surface area contributed by atoms with Crippen molar-refractivity contribution in [3.63, 3.8) is 0 Å². The van der Waals surface area contributed by atoms with Crippen molar-refractivity contribution in [2.24, 2.45) is 0 Å². The van der Waals surface area contributed by atoms with E-state index in [0.717, 1.165) is 27.8 Å². The quantitative estimate of drug-likeness (QED) is 0.798. The first-order valence-electron chi connectivity index (χ1n) is 7.89. The van der Waals surface area contributed by atoms with Gasteiger partial charge < -0.3 is 10.1 Å². The molecular formula is C18H21FN2O4S. The number of methoxy groups -OCH3 is 1. The molecule has 26 heavy (non-hydrogen) atoms. The van der Waals surface area contributed by atoms with E-state index in [-0.39, 0.29) is 5.56 Å². The van der Waals surface area contributed by atoms with E-state index >= 15 is 0 Å². The Bertz CT molecular complexity index is 881. The number of carbonyl (C=O) groups is 1. The predicted octanol–water partition coefficient (Wildman–Crippen LogP) is 2.06. The number of hydrogen-bond donors (Lipinski definition) is 1. The summed E-state index contributed by atoms with van der Waals surface area (Å²) in [6.45, 7) is 0.359. The lowest BCUT2D eigenvalue weighted by Gasteiger charge is -2.13. The van der Waals surface area contributed by atoms with Crippen molar-refractivity contribution in [3.05, 3.63) is 59.4 Å². The minimum atomic E-state index is -3.97. The average Bonchev–Trinajstić information content (AvgIpc) is 2.62. The van der Waals surface area contributed by atoms with Gasteiger partial charge in [-0.15, -0.1) is 0 Å². The lowest BCUT2D eigenvalue weighted by atomic mass is 10.1. The minimum absolute atomic E-state index is 0.0848. The van der Waals surface area contributed by atoms with Crippen molar-refractivity contribution in [1.82, 2.24) is 9.62 Å². The highest BCUT2D eigenvalue weighted by atomic mass is 32.2. The van der Waals surface area contributed by atoms with Crippen LogP contribution >= 0.6 is 0 Å². The first-order chi connectivity index (χ1) is 12.3. The van der Waals surface area contributed by atoms with Crippen LogP contribution in [0.3, 0.4) is 0 Å². The number of ether oxygens (including phenoxy) is 1. The van der Waals surface area contributed by atoms with Crippen LogP contribution in [0.1, 0.15) is 15.9 Å². The molecule has 0 aliphatic rings. The highest BCUT2D eigenvalue weighted by Crippen LogP contribution is 2.19. The molecule has 0 heterocycles. The molecule has 0 aliphatic carbocycles. The van der Waals surface area contributed by atoms with Gasteiger partial charge >= 0.3 is 0 Å². The third kappa shape index (κ3) is 4.59. The summed E-state index contributed by atoms with van der Waals surface area (Å²) in [5, 5.41) is 2.70. The Labute approximate surface area is 152 Å². The van der Waals surface area contributed by atoms with Crippen molar-refractivity contribution in [3.8, 4) is 5.75 Å². The van der Waals surface area contributed by atoms with Crippen LogP contribution in [-0.2, 0) is 16.4 Å². The number of rotatable bonds is 7. The predicted molar refractivity (Wildman–Crippen MR) is 96.3 cm³/mol. The van der Waals surface area contributed by atoms with E-state index in [4.69, 9.17) is 4.74 Å². The number of hydrogen-bond acceptors (Lipinski definition) is 4. The summed E-state index contributed by atoms with van der Waals surface area (Å²) in [6.07, 6.45) is 0.597. The van der Waals surface area contributed by atoms with Crippen molar-refractivity contribution in [2.75, 3.05) is 27.7 Å². The van der Waals surface area contributed by atoms with E-state index in [0.29, 0.717) is 13.0 Å². The number of amides is 1. The molecule has 0 saturated heterocycles. The lowest BCUT2D eigenvalue weighted by Crippen LogP contribution is -2.27. The Morgan fingerprint density at radius 2 is 1.81 bits per heavy atom. The number of sulfonamides is 1.